The van der Waals surface area contributed by atoms with Crippen molar-refractivity contribution >= 4 is 11.8 Å². The van der Waals surface area contributed by atoms with Crippen LogP contribution in [-0.2, 0) is 46.5 Å². The fraction of sp³-hybridized carbons (Fsp3) is 0.514. The van der Waals surface area contributed by atoms with Crippen molar-refractivity contribution in [2.75, 3.05) is 13.6 Å². The molecule has 0 spiro atoms. The van der Waals surface area contributed by atoms with Crippen molar-refractivity contribution in [3.63, 3.8) is 0 Å². The molecule has 248 valence electrons. The van der Waals surface area contributed by atoms with Gasteiger partial charge in [0.05, 0.1) is 19.6 Å². The van der Waals surface area contributed by atoms with E-state index >= 15 is 0 Å². The molecule has 1 saturated heterocycles. The largest absolute Gasteiger partial charge is 0.453 e. The summed E-state index contributed by atoms with van der Waals surface area (Å²) in [6, 6.07) is 19.3. The Kier molecular flexibility index (Phi) is 9.76. The van der Waals surface area contributed by atoms with Crippen molar-refractivity contribution in [1.29, 1.82) is 0 Å². The van der Waals surface area contributed by atoms with Gasteiger partial charge in [0.25, 0.3) is 0 Å². The van der Waals surface area contributed by atoms with Gasteiger partial charge in [0, 0.05) is 11.5 Å². The fourth-order valence-corrected chi connectivity index (χ4v) is 7.88. The summed E-state index contributed by atoms with van der Waals surface area (Å²) in [6.07, 6.45) is -0.250. The molecule has 2 aliphatic carbocycles. The molecule has 2 aromatic carbocycles. The number of benzene rings is 2. The highest BCUT2D eigenvalue weighted by Crippen LogP contribution is 2.60. The summed E-state index contributed by atoms with van der Waals surface area (Å²) in [4.78, 5) is 27.7. The standard InChI is InChI=1S/C37H46O9/c1-24(2)31-26(4)34(5,40)37(41,32(31)39)29-19-30(38)46-35(6)33(44-22-42-20-27-13-9-7-10-14-27)25(3)17-18-36(29,35)45-23-43-21-28-15-11-8-12-16-28/h7-16,25,29,33,40-41H,1,17-23H2,2-6H3. The molecule has 0 bridgehead atoms. The second kappa shape index (κ2) is 13.1. The van der Waals surface area contributed by atoms with Gasteiger partial charge < -0.3 is 33.9 Å². The average Bonchev–Trinajstić information content (AvgIpc) is 3.16. The predicted octanol–water partition coefficient (Wildman–Crippen LogP) is 5.18. The molecule has 0 radical (unpaired) electrons. The van der Waals surface area contributed by atoms with Crippen LogP contribution < -0.4 is 0 Å². The molecular formula is C37H46O9. The van der Waals surface area contributed by atoms with Crippen LogP contribution in [-0.4, -0.2) is 64.1 Å². The van der Waals surface area contributed by atoms with Crippen LogP contribution in [0.2, 0.25) is 0 Å². The summed E-state index contributed by atoms with van der Waals surface area (Å²) in [5.74, 6) is -2.66. The minimum atomic E-state index is -2.43. The molecule has 1 saturated carbocycles. The molecule has 0 amide bonds. The Morgan fingerprint density at radius 2 is 1.52 bits per heavy atom. The van der Waals surface area contributed by atoms with E-state index in [1.54, 1.807) is 20.8 Å². The molecule has 9 heteroatoms. The summed E-state index contributed by atoms with van der Waals surface area (Å²) in [6.45, 7) is 12.6. The van der Waals surface area contributed by atoms with E-state index in [-0.39, 0.29) is 43.7 Å². The summed E-state index contributed by atoms with van der Waals surface area (Å²) >= 11 is 0. The first-order valence-corrected chi connectivity index (χ1v) is 15.9. The highest BCUT2D eigenvalue weighted by atomic mass is 16.7. The van der Waals surface area contributed by atoms with Gasteiger partial charge in [-0.05, 0) is 68.7 Å². The van der Waals surface area contributed by atoms with Crippen molar-refractivity contribution < 1.29 is 43.5 Å². The predicted molar refractivity (Wildman–Crippen MR) is 170 cm³/mol. The first kappa shape index (κ1) is 34.2. The van der Waals surface area contributed by atoms with Gasteiger partial charge in [-0.3, -0.25) is 9.59 Å². The number of aliphatic hydroxyl groups is 2. The first-order chi connectivity index (χ1) is 21.8. The number of hydrogen-bond donors (Lipinski definition) is 2. The smallest absolute Gasteiger partial charge is 0.307 e. The minimum absolute atomic E-state index is 0.0936. The van der Waals surface area contributed by atoms with Gasteiger partial charge in [-0.1, -0.05) is 74.2 Å². The summed E-state index contributed by atoms with van der Waals surface area (Å²) in [7, 11) is 0. The van der Waals surface area contributed by atoms with Crippen LogP contribution in [0, 0.1) is 11.8 Å². The monoisotopic (exact) mass is 634 g/mol. The number of carbonyl (C=O) groups excluding carboxylic acids is 2. The maximum absolute atomic E-state index is 14.2. The van der Waals surface area contributed by atoms with E-state index in [4.69, 9.17) is 23.7 Å². The SMILES string of the molecule is C=C(C)C1=C(C)C(C)(O)C(O)(C2CC(=O)OC3(C)C(OCOCc4ccccc4)C(C)CCC23OCOCc2ccccc2)C1=O. The topological polar surface area (TPSA) is 121 Å². The molecule has 1 heterocycles. The van der Waals surface area contributed by atoms with Crippen molar-refractivity contribution in [1.82, 2.24) is 0 Å². The Labute approximate surface area is 271 Å². The lowest BCUT2D eigenvalue weighted by Gasteiger charge is -2.63. The quantitative estimate of drug-likeness (QED) is 0.185. The molecule has 0 aromatic heterocycles. The Bertz CT molecular complexity index is 1470. The van der Waals surface area contributed by atoms with E-state index in [9.17, 15) is 19.8 Å². The molecule has 2 N–H and O–H groups in total. The van der Waals surface area contributed by atoms with Crippen LogP contribution in [0.4, 0.5) is 0 Å². The maximum Gasteiger partial charge on any atom is 0.307 e. The first-order valence-electron chi connectivity index (χ1n) is 15.9. The summed E-state index contributed by atoms with van der Waals surface area (Å²) in [5.41, 5.74) is -4.67. The molecular weight excluding hydrogens is 588 g/mol. The van der Waals surface area contributed by atoms with E-state index in [0.29, 0.717) is 25.0 Å². The number of allylic oxidation sites excluding steroid dienone is 1. The summed E-state index contributed by atoms with van der Waals surface area (Å²) < 4.78 is 31.1. The highest BCUT2D eigenvalue weighted by Gasteiger charge is 2.76. The second-order valence-corrected chi connectivity index (χ2v) is 13.3. The van der Waals surface area contributed by atoms with E-state index in [2.05, 4.69) is 6.58 Å². The molecule has 5 rings (SSSR count). The second-order valence-electron chi connectivity index (χ2n) is 13.3. The third-order valence-electron chi connectivity index (χ3n) is 10.4. The molecule has 7 unspecified atom stereocenters. The Morgan fingerprint density at radius 3 is 2.07 bits per heavy atom. The lowest BCUT2D eigenvalue weighted by Crippen LogP contribution is -2.78. The third-order valence-corrected chi connectivity index (χ3v) is 10.4. The van der Waals surface area contributed by atoms with Gasteiger partial charge in [0.15, 0.2) is 17.0 Å². The van der Waals surface area contributed by atoms with Crippen molar-refractivity contribution in [2.45, 2.75) is 95.6 Å². The van der Waals surface area contributed by atoms with Gasteiger partial charge >= 0.3 is 5.97 Å². The van der Waals surface area contributed by atoms with Gasteiger partial charge in [0.1, 0.15) is 30.9 Å². The Balaban J connectivity index is 1.51. The van der Waals surface area contributed by atoms with Crippen molar-refractivity contribution in [2.24, 2.45) is 11.8 Å². The minimum Gasteiger partial charge on any atom is -0.453 e. The Morgan fingerprint density at radius 1 is 0.957 bits per heavy atom. The van der Waals surface area contributed by atoms with E-state index < -0.39 is 46.2 Å². The van der Waals surface area contributed by atoms with Crippen LogP contribution in [0.15, 0.2) is 84.0 Å². The number of fused-ring (bicyclic) bond motifs is 1. The molecule has 7 atom stereocenters. The van der Waals surface area contributed by atoms with Gasteiger partial charge in [-0.2, -0.15) is 0 Å². The van der Waals surface area contributed by atoms with Gasteiger partial charge in [-0.15, -0.1) is 0 Å². The summed E-state index contributed by atoms with van der Waals surface area (Å²) in [5, 5.41) is 24.5. The third kappa shape index (κ3) is 5.67. The molecule has 2 aromatic rings. The average molecular weight is 635 g/mol. The van der Waals surface area contributed by atoms with Crippen LogP contribution in [0.25, 0.3) is 0 Å². The number of ketones is 1. The van der Waals surface area contributed by atoms with Crippen molar-refractivity contribution in [3.05, 3.63) is 95.1 Å². The normalized spacial score (nSPS) is 34.4. The molecule has 9 nitrogen and oxygen atoms in total. The molecule has 1 aliphatic heterocycles. The zero-order valence-corrected chi connectivity index (χ0v) is 27.4. The Hall–Kier alpha value is -3.18. The molecule has 46 heavy (non-hydrogen) atoms. The van der Waals surface area contributed by atoms with E-state index in [1.165, 1.54) is 6.92 Å². The number of ether oxygens (including phenoxy) is 5. The van der Waals surface area contributed by atoms with Crippen LogP contribution in [0.3, 0.4) is 0 Å². The van der Waals surface area contributed by atoms with Gasteiger partial charge in [0.2, 0.25) is 0 Å². The van der Waals surface area contributed by atoms with Crippen LogP contribution >= 0.6 is 0 Å². The number of rotatable bonds is 12. The maximum atomic E-state index is 14.2. The number of hydrogen-bond acceptors (Lipinski definition) is 9. The molecule has 2 fully saturated rings. The lowest BCUT2D eigenvalue weighted by atomic mass is 9.53. The lowest BCUT2D eigenvalue weighted by molar-refractivity contribution is -0.343. The number of Topliss-reactive ketones (excluding diaryl/α,β-unsaturated/α-hetero) is 1. The highest BCUT2D eigenvalue weighted by molar-refractivity contribution is 6.11. The number of carbonyl (C=O) groups is 2. The van der Waals surface area contributed by atoms with Crippen LogP contribution in [0.1, 0.15) is 65.0 Å². The van der Waals surface area contributed by atoms with E-state index in [0.717, 1.165) is 11.1 Å². The van der Waals surface area contributed by atoms with Gasteiger partial charge in [-0.25, -0.2) is 0 Å². The van der Waals surface area contributed by atoms with E-state index in [1.807, 2.05) is 67.6 Å². The number of esters is 1. The fourth-order valence-electron chi connectivity index (χ4n) is 7.88. The van der Waals surface area contributed by atoms with Crippen molar-refractivity contribution in [3.8, 4) is 0 Å². The zero-order valence-electron chi connectivity index (χ0n) is 27.4. The van der Waals surface area contributed by atoms with Crippen LogP contribution in [0.5, 0.6) is 0 Å². The molecule has 3 aliphatic rings. The zero-order chi connectivity index (χ0) is 33.3.